The Morgan fingerprint density at radius 1 is 0.905 bits per heavy atom. The Bertz CT molecular complexity index is 468. The minimum absolute atomic E-state index is 0. The van der Waals surface area contributed by atoms with Crippen molar-refractivity contribution >= 4 is 34.0 Å². The van der Waals surface area contributed by atoms with Gasteiger partial charge in [-0.05, 0) is 0 Å². The number of carbonyl (C=O) groups is 4. The number of rotatable bonds is 7. The summed E-state index contributed by atoms with van der Waals surface area (Å²) in [5.41, 5.74) is 0. The molecule has 0 heterocycles. The third-order valence-electron chi connectivity index (χ3n) is 1.54. The summed E-state index contributed by atoms with van der Waals surface area (Å²) >= 11 is 0. The minimum atomic E-state index is -4.90. The van der Waals surface area contributed by atoms with Crippen molar-refractivity contribution in [3.63, 3.8) is 0 Å². The van der Waals surface area contributed by atoms with Gasteiger partial charge in [0.1, 0.15) is 5.25 Å². The van der Waals surface area contributed by atoms with Crippen molar-refractivity contribution < 1.29 is 82.1 Å². The minimum Gasteiger partial charge on any atom is -0.549 e. The van der Waals surface area contributed by atoms with Gasteiger partial charge in [-0.1, -0.05) is 0 Å². The van der Waals surface area contributed by atoms with Gasteiger partial charge in [0.25, 0.3) is 10.1 Å². The first kappa shape index (κ1) is 24.8. The number of carbonyl (C=O) groups excluding carboxylic acids is 1. The van der Waals surface area contributed by atoms with Crippen LogP contribution in [0.1, 0.15) is 19.3 Å². The maximum absolute atomic E-state index is 10.2. The van der Waals surface area contributed by atoms with Crippen LogP contribution in [0.25, 0.3) is 0 Å². The summed E-state index contributed by atoms with van der Waals surface area (Å²) in [5.74, 6) is -5.94. The maximum Gasteiger partial charge on any atom is 1.00 e. The van der Waals surface area contributed by atoms with E-state index in [4.69, 9.17) is 19.9 Å². The topological polar surface area (TPSA) is 206 Å². The van der Waals surface area contributed by atoms with Crippen molar-refractivity contribution in [3.8, 4) is 0 Å². The van der Waals surface area contributed by atoms with E-state index in [-0.39, 0.29) is 42.4 Å². The molecule has 4 N–H and O–H groups in total. The molecule has 0 rings (SSSR count). The molecule has 0 saturated carbocycles. The van der Waals surface area contributed by atoms with Crippen LogP contribution >= 0.6 is 0 Å². The molecule has 0 spiro atoms. The molecule has 1 unspecified atom stereocenters. The molecule has 0 aromatic rings. The predicted molar refractivity (Wildman–Crippen MR) is 57.1 cm³/mol. The van der Waals surface area contributed by atoms with Gasteiger partial charge in [0, 0.05) is 0 Å². The fraction of sp³-hybridized carbons (Fsp3) is 0.500. The van der Waals surface area contributed by atoms with Crippen molar-refractivity contribution in [1.82, 2.24) is 0 Å². The van der Waals surface area contributed by atoms with E-state index in [1.165, 1.54) is 0 Å². The Labute approximate surface area is 140 Å². The van der Waals surface area contributed by atoms with Crippen LogP contribution in [0.2, 0.25) is 0 Å². The summed E-state index contributed by atoms with van der Waals surface area (Å²) in [4.78, 5) is 39.1. The van der Waals surface area contributed by atoms with Gasteiger partial charge >= 0.3 is 47.5 Å². The average Bonchev–Trinajstić information content (AvgIpc) is 2.22. The van der Waals surface area contributed by atoms with E-state index in [9.17, 15) is 32.7 Å². The third kappa shape index (κ3) is 16.7. The van der Waals surface area contributed by atoms with Gasteiger partial charge in [-0.15, -0.1) is 0 Å². The van der Waals surface area contributed by atoms with Gasteiger partial charge in [-0.2, -0.15) is 8.42 Å². The van der Waals surface area contributed by atoms with Crippen LogP contribution < -0.4 is 34.7 Å². The van der Waals surface area contributed by atoms with E-state index >= 15 is 0 Å². The summed E-state index contributed by atoms with van der Waals surface area (Å²) < 4.78 is 28.5. The first-order chi connectivity index (χ1) is 8.87. The second kappa shape index (κ2) is 11.4. The zero-order valence-corrected chi connectivity index (χ0v) is 13.6. The van der Waals surface area contributed by atoms with Crippen LogP contribution in [-0.4, -0.2) is 57.4 Å². The largest absolute Gasteiger partial charge is 1.00 e. The van der Waals surface area contributed by atoms with E-state index in [1.807, 2.05) is 0 Å². The Morgan fingerprint density at radius 3 is 1.33 bits per heavy atom. The Morgan fingerprint density at radius 2 is 1.24 bits per heavy atom. The number of hydrogen-bond acceptors (Lipinski definition) is 7. The molecule has 11 nitrogen and oxygen atoms in total. The predicted octanol–water partition coefficient (Wildman–Crippen LogP) is -5.59. The molecule has 0 aliphatic carbocycles. The number of aliphatic carboxylic acids is 4. The Hall–Kier alpha value is -1.21. The molecule has 0 saturated heterocycles. The molecule has 21 heavy (non-hydrogen) atoms. The van der Waals surface area contributed by atoms with Crippen molar-refractivity contribution in [2.24, 2.45) is 0 Å². The van der Waals surface area contributed by atoms with Gasteiger partial charge in [0.2, 0.25) is 0 Å². The summed E-state index contributed by atoms with van der Waals surface area (Å²) in [6.07, 6.45) is -1.81. The van der Waals surface area contributed by atoms with Gasteiger partial charge in [0.05, 0.1) is 25.2 Å². The average molecular weight is 338 g/mol. The molecule has 0 bridgehead atoms. The summed E-state index contributed by atoms with van der Waals surface area (Å²) in [7, 11) is -4.90. The molecular formula is C8H11NaO11S. The third-order valence-corrected chi connectivity index (χ3v) is 2.61. The monoisotopic (exact) mass is 338 g/mol. The normalized spacial score (nSPS) is 11.1. The zero-order valence-electron chi connectivity index (χ0n) is 10.8. The van der Waals surface area contributed by atoms with Crippen LogP contribution in [0.4, 0.5) is 0 Å². The molecule has 0 radical (unpaired) electrons. The van der Waals surface area contributed by atoms with E-state index in [0.717, 1.165) is 0 Å². The van der Waals surface area contributed by atoms with Gasteiger partial charge in [-0.3, -0.25) is 18.9 Å². The molecule has 0 aromatic heterocycles. The number of hydrogen-bond donors (Lipinski definition) is 4. The summed E-state index contributed by atoms with van der Waals surface area (Å²) in [6, 6.07) is 0. The van der Waals surface area contributed by atoms with E-state index in [1.54, 1.807) is 0 Å². The van der Waals surface area contributed by atoms with Gasteiger partial charge in [-0.25, -0.2) is 0 Å². The number of carboxylic acid groups (broad SMARTS) is 4. The number of carboxylic acids is 4. The van der Waals surface area contributed by atoms with Crippen LogP contribution in [0.5, 0.6) is 0 Å². The van der Waals surface area contributed by atoms with Gasteiger partial charge < -0.3 is 25.2 Å². The second-order valence-corrected chi connectivity index (χ2v) is 4.81. The van der Waals surface area contributed by atoms with E-state index in [0.29, 0.717) is 0 Å². The van der Waals surface area contributed by atoms with E-state index in [2.05, 4.69) is 0 Å². The van der Waals surface area contributed by atoms with Crippen molar-refractivity contribution in [3.05, 3.63) is 0 Å². The smallest absolute Gasteiger partial charge is 0.549 e. The molecule has 0 amide bonds. The first-order valence-electron chi connectivity index (χ1n) is 4.70. The van der Waals surface area contributed by atoms with Crippen LogP contribution in [0, 0.1) is 0 Å². The van der Waals surface area contributed by atoms with Crippen LogP contribution in [-0.2, 0) is 29.3 Å². The van der Waals surface area contributed by atoms with E-state index < -0.39 is 45.7 Å². The maximum atomic E-state index is 10.2. The zero-order chi connectivity index (χ0) is 16.5. The molecule has 13 heteroatoms. The quantitative estimate of drug-likeness (QED) is 0.254. The molecule has 0 aliphatic heterocycles. The summed E-state index contributed by atoms with van der Waals surface area (Å²) in [6.45, 7) is 0. The van der Waals surface area contributed by atoms with Crippen molar-refractivity contribution in [2.75, 3.05) is 0 Å². The molecule has 0 aliphatic rings. The fourth-order valence-corrected chi connectivity index (χ4v) is 1.28. The fourth-order valence-electron chi connectivity index (χ4n) is 0.683. The van der Waals surface area contributed by atoms with Crippen molar-refractivity contribution in [2.45, 2.75) is 24.5 Å². The molecule has 0 fully saturated rings. The first-order valence-corrected chi connectivity index (χ1v) is 6.20. The van der Waals surface area contributed by atoms with Crippen LogP contribution in [0.3, 0.4) is 0 Å². The Balaban J connectivity index is -0.000000317. The molecule has 0 aromatic carbocycles. The van der Waals surface area contributed by atoms with Crippen molar-refractivity contribution in [1.29, 1.82) is 0 Å². The molecule has 1 atom stereocenters. The molecule has 116 valence electrons. The standard InChI is InChI=1S/C4H6O7S.C4H6O4.Na/c5-3(6)1-2(4(7)8)12(9,10)11;5-3(6)1-2-4(7)8;/h2H,1H2,(H,5,6)(H,7,8)(H,9,10,11);1-2H2,(H,5,6)(H,7,8);/q;;+1/p-1. The summed E-state index contributed by atoms with van der Waals surface area (Å²) in [5, 5.41) is 31.4. The van der Waals surface area contributed by atoms with Crippen LogP contribution in [0.15, 0.2) is 0 Å². The second-order valence-electron chi connectivity index (χ2n) is 3.21. The Kier molecular flexibility index (Phi) is 13.5. The SMILES string of the molecule is O=C(O)CC(C(=O)[O-])S(=O)(=O)O.O=C(O)CCC(=O)O.[Na+]. The molecular weight excluding hydrogens is 327 g/mol. The van der Waals surface area contributed by atoms with Gasteiger partial charge in [0.15, 0.2) is 0 Å².